The molecule has 0 spiro atoms. The fraction of sp³-hybridized carbons (Fsp3) is 0.647. The molecule has 1 fully saturated rings. The van der Waals surface area contributed by atoms with Crippen molar-refractivity contribution in [3.63, 3.8) is 0 Å². The van der Waals surface area contributed by atoms with Gasteiger partial charge in [-0.05, 0) is 42.7 Å². The van der Waals surface area contributed by atoms with E-state index in [0.717, 1.165) is 38.8 Å². The zero-order valence-corrected chi connectivity index (χ0v) is 14.5. The average Bonchev–Trinajstić information content (AvgIpc) is 3.03. The van der Waals surface area contributed by atoms with Crippen LogP contribution in [0.25, 0.3) is 0 Å². The number of hydrogen-bond acceptors (Lipinski definition) is 4. The number of carbonyl (C=O) groups is 2. The normalized spacial score (nSPS) is 25.2. The summed E-state index contributed by atoms with van der Waals surface area (Å²) in [7, 11) is 0. The van der Waals surface area contributed by atoms with Crippen molar-refractivity contribution in [3.05, 3.63) is 21.9 Å². The first kappa shape index (κ1) is 16.5. The molecule has 3 rings (SSSR count). The van der Waals surface area contributed by atoms with Crippen LogP contribution in [0.5, 0.6) is 0 Å². The van der Waals surface area contributed by atoms with Gasteiger partial charge >= 0.3 is 0 Å². The number of carbonyl (C=O) groups excluding carboxylic acids is 2. The molecule has 2 N–H and O–H groups in total. The maximum Gasteiger partial charge on any atom is 0.236 e. The Hall–Kier alpha value is -1.40. The molecule has 2 aliphatic heterocycles. The topological polar surface area (TPSA) is 66.6 Å². The number of hydrogen-bond donors (Lipinski definition) is 1. The molecule has 23 heavy (non-hydrogen) atoms. The van der Waals surface area contributed by atoms with Crippen LogP contribution in [0, 0.1) is 5.92 Å². The number of rotatable bonds is 4. The predicted octanol–water partition coefficient (Wildman–Crippen LogP) is 1.78. The molecule has 0 aromatic carbocycles. The van der Waals surface area contributed by atoms with Crippen LogP contribution in [0.3, 0.4) is 0 Å². The molecule has 2 amide bonds. The highest BCUT2D eigenvalue weighted by atomic mass is 32.1. The molecule has 1 saturated heterocycles. The zero-order chi connectivity index (χ0) is 16.4. The minimum atomic E-state index is -0.283. The molecule has 0 bridgehead atoms. The molecule has 2 atom stereocenters. The minimum Gasteiger partial charge on any atom is -0.369 e. The summed E-state index contributed by atoms with van der Waals surface area (Å²) in [6, 6.07) is 2.54. The predicted molar refractivity (Wildman–Crippen MR) is 91.1 cm³/mol. The Bertz CT molecular complexity index is 586. The van der Waals surface area contributed by atoms with Gasteiger partial charge in [-0.15, -0.1) is 11.3 Å². The molecule has 2 aliphatic rings. The molecule has 2 unspecified atom stereocenters. The van der Waals surface area contributed by atoms with Crippen molar-refractivity contribution in [1.29, 1.82) is 0 Å². The maximum atomic E-state index is 12.7. The van der Waals surface area contributed by atoms with Gasteiger partial charge in [0, 0.05) is 30.6 Å². The lowest BCUT2D eigenvalue weighted by Gasteiger charge is -2.37. The highest BCUT2D eigenvalue weighted by Gasteiger charge is 2.31. The average molecular weight is 335 g/mol. The highest BCUT2D eigenvalue weighted by Crippen LogP contribution is 2.35. The molecule has 126 valence electrons. The van der Waals surface area contributed by atoms with E-state index in [0.29, 0.717) is 19.1 Å². The Kier molecular flexibility index (Phi) is 5.02. The second-order valence-electron chi connectivity index (χ2n) is 6.52. The Balaban J connectivity index is 1.64. The number of amides is 2. The van der Waals surface area contributed by atoms with Gasteiger partial charge < -0.3 is 10.6 Å². The second-order valence-corrected chi connectivity index (χ2v) is 7.53. The first-order chi connectivity index (χ1) is 11.1. The minimum absolute atomic E-state index is 0.132. The molecule has 0 saturated carbocycles. The van der Waals surface area contributed by atoms with E-state index >= 15 is 0 Å². The molecule has 3 heterocycles. The summed E-state index contributed by atoms with van der Waals surface area (Å²) in [5.41, 5.74) is 6.81. The third-order valence-electron chi connectivity index (χ3n) is 5.11. The van der Waals surface area contributed by atoms with Crippen molar-refractivity contribution in [1.82, 2.24) is 9.80 Å². The van der Waals surface area contributed by atoms with Gasteiger partial charge in [-0.2, -0.15) is 0 Å². The van der Waals surface area contributed by atoms with Gasteiger partial charge in [0.15, 0.2) is 0 Å². The number of primary amides is 1. The van der Waals surface area contributed by atoms with Crippen LogP contribution in [0.2, 0.25) is 0 Å². The van der Waals surface area contributed by atoms with E-state index < -0.39 is 0 Å². The third-order valence-corrected chi connectivity index (χ3v) is 6.10. The van der Waals surface area contributed by atoms with Crippen LogP contribution in [0.4, 0.5) is 0 Å². The number of fused-ring (bicyclic) bond motifs is 1. The molecule has 5 nitrogen and oxygen atoms in total. The van der Waals surface area contributed by atoms with Crippen molar-refractivity contribution in [2.24, 2.45) is 11.7 Å². The SMILES string of the molecule is CCC1c2ccsc2CCN1CC(=O)N1CCCC(C(N)=O)C1. The van der Waals surface area contributed by atoms with Gasteiger partial charge in [-0.25, -0.2) is 0 Å². The summed E-state index contributed by atoms with van der Waals surface area (Å²) in [6.07, 6.45) is 3.71. The number of nitrogens with zero attached hydrogens (tertiary/aromatic N) is 2. The van der Waals surface area contributed by atoms with Crippen LogP contribution < -0.4 is 5.73 Å². The van der Waals surface area contributed by atoms with Crippen molar-refractivity contribution in [2.45, 2.75) is 38.6 Å². The van der Waals surface area contributed by atoms with Crippen molar-refractivity contribution >= 4 is 23.2 Å². The molecular weight excluding hydrogens is 310 g/mol. The lowest BCUT2D eigenvalue weighted by atomic mass is 9.96. The monoisotopic (exact) mass is 335 g/mol. The van der Waals surface area contributed by atoms with Gasteiger partial charge in [-0.1, -0.05) is 6.92 Å². The van der Waals surface area contributed by atoms with Crippen LogP contribution in [0.1, 0.15) is 42.7 Å². The van der Waals surface area contributed by atoms with Gasteiger partial charge in [0.2, 0.25) is 11.8 Å². The largest absolute Gasteiger partial charge is 0.369 e. The summed E-state index contributed by atoms with van der Waals surface area (Å²) in [5, 5.41) is 2.15. The number of nitrogens with two attached hydrogens (primary N) is 1. The smallest absolute Gasteiger partial charge is 0.236 e. The van der Waals surface area contributed by atoms with Crippen molar-refractivity contribution in [3.8, 4) is 0 Å². The Labute approximate surface area is 141 Å². The summed E-state index contributed by atoms with van der Waals surface area (Å²) >= 11 is 1.82. The quantitative estimate of drug-likeness (QED) is 0.912. The molecular formula is C17H25N3O2S. The van der Waals surface area contributed by atoms with E-state index in [2.05, 4.69) is 23.3 Å². The molecule has 1 aromatic rings. The van der Waals surface area contributed by atoms with E-state index in [1.807, 2.05) is 16.2 Å². The van der Waals surface area contributed by atoms with Gasteiger partial charge in [0.05, 0.1) is 12.5 Å². The van der Waals surface area contributed by atoms with E-state index in [1.54, 1.807) is 0 Å². The van der Waals surface area contributed by atoms with E-state index in [1.165, 1.54) is 10.4 Å². The third kappa shape index (κ3) is 3.43. The summed E-state index contributed by atoms with van der Waals surface area (Å²) in [6.45, 7) is 4.79. The summed E-state index contributed by atoms with van der Waals surface area (Å²) < 4.78 is 0. The van der Waals surface area contributed by atoms with E-state index in [4.69, 9.17) is 5.73 Å². The fourth-order valence-corrected chi connectivity index (χ4v) is 4.75. The Morgan fingerprint density at radius 2 is 2.22 bits per heavy atom. The lowest BCUT2D eigenvalue weighted by Crippen LogP contribution is -2.49. The number of thiophene rings is 1. The highest BCUT2D eigenvalue weighted by molar-refractivity contribution is 7.10. The van der Waals surface area contributed by atoms with E-state index in [9.17, 15) is 9.59 Å². The molecule has 1 aromatic heterocycles. The van der Waals surface area contributed by atoms with Crippen LogP contribution in [-0.4, -0.2) is 47.8 Å². The van der Waals surface area contributed by atoms with Crippen molar-refractivity contribution < 1.29 is 9.59 Å². The summed E-state index contributed by atoms with van der Waals surface area (Å²) in [4.78, 5) is 29.7. The van der Waals surface area contributed by atoms with Crippen LogP contribution >= 0.6 is 11.3 Å². The van der Waals surface area contributed by atoms with Gasteiger partial charge in [-0.3, -0.25) is 14.5 Å². The lowest BCUT2D eigenvalue weighted by molar-refractivity contribution is -0.136. The fourth-order valence-electron chi connectivity index (χ4n) is 3.83. The number of piperidine rings is 1. The number of likely N-dealkylation sites (tertiary alicyclic amines) is 1. The van der Waals surface area contributed by atoms with Gasteiger partial charge in [0.25, 0.3) is 0 Å². The first-order valence-electron chi connectivity index (χ1n) is 8.47. The first-order valence-corrected chi connectivity index (χ1v) is 9.35. The zero-order valence-electron chi connectivity index (χ0n) is 13.7. The summed E-state index contributed by atoms with van der Waals surface area (Å²) in [5.74, 6) is -0.331. The maximum absolute atomic E-state index is 12.7. The van der Waals surface area contributed by atoms with E-state index in [-0.39, 0.29) is 17.7 Å². The van der Waals surface area contributed by atoms with Crippen molar-refractivity contribution in [2.75, 3.05) is 26.2 Å². The van der Waals surface area contributed by atoms with Crippen LogP contribution in [-0.2, 0) is 16.0 Å². The van der Waals surface area contributed by atoms with Crippen LogP contribution in [0.15, 0.2) is 11.4 Å². The second kappa shape index (κ2) is 7.01. The Morgan fingerprint density at radius 3 is 2.96 bits per heavy atom. The molecule has 0 aliphatic carbocycles. The molecule has 0 radical (unpaired) electrons. The molecule has 6 heteroatoms. The standard InChI is InChI=1S/C17H25N3O2S/c1-2-14-13-6-9-23-15(13)5-8-19(14)11-16(21)20-7-3-4-12(10-20)17(18)22/h6,9,12,14H,2-5,7-8,10-11H2,1H3,(H2,18,22). The Morgan fingerprint density at radius 1 is 1.39 bits per heavy atom. The van der Waals surface area contributed by atoms with Gasteiger partial charge in [0.1, 0.15) is 0 Å².